The van der Waals surface area contributed by atoms with Crippen molar-refractivity contribution < 1.29 is 14.3 Å². The van der Waals surface area contributed by atoms with Crippen molar-refractivity contribution in [2.75, 3.05) is 13.7 Å². The zero-order valence-electron chi connectivity index (χ0n) is 16.4. The van der Waals surface area contributed by atoms with Crippen molar-refractivity contribution in [1.82, 2.24) is 14.9 Å². The highest BCUT2D eigenvalue weighted by atomic mass is 16.5. The van der Waals surface area contributed by atoms with Gasteiger partial charge in [0.2, 0.25) is 0 Å². The molecular weight excluding hydrogens is 380 g/mol. The Kier molecular flexibility index (Phi) is 4.18. The Hall–Kier alpha value is -3.84. The average Bonchev–Trinajstić information content (AvgIpc) is 3.41. The van der Waals surface area contributed by atoms with Crippen molar-refractivity contribution in [2.45, 2.75) is 6.54 Å². The fourth-order valence-electron chi connectivity index (χ4n) is 4.25. The largest absolute Gasteiger partial charge is 0.496 e. The van der Waals surface area contributed by atoms with Crippen molar-refractivity contribution in [2.24, 2.45) is 5.73 Å². The quantitative estimate of drug-likeness (QED) is 0.448. The smallest absolute Gasteiger partial charge is 0.259 e. The second-order valence-electron chi connectivity index (χ2n) is 7.16. The van der Waals surface area contributed by atoms with Gasteiger partial charge in [-0.2, -0.15) is 0 Å². The van der Waals surface area contributed by atoms with Crippen LogP contribution < -0.4 is 15.8 Å². The van der Waals surface area contributed by atoms with Crippen LogP contribution in [0.1, 0.15) is 11.1 Å². The second-order valence-corrected chi connectivity index (χ2v) is 7.16. The molecule has 0 bridgehead atoms. The Labute approximate surface area is 172 Å². The zero-order valence-corrected chi connectivity index (χ0v) is 16.4. The van der Waals surface area contributed by atoms with Crippen LogP contribution in [0.15, 0.2) is 54.9 Å². The Morgan fingerprint density at radius 2 is 1.77 bits per heavy atom. The molecular formula is C23H20N4O3. The molecule has 0 radical (unpaired) electrons. The summed E-state index contributed by atoms with van der Waals surface area (Å²) in [5, 5.41) is 4.14. The Morgan fingerprint density at radius 3 is 2.53 bits per heavy atom. The van der Waals surface area contributed by atoms with E-state index in [2.05, 4.69) is 10.3 Å². The van der Waals surface area contributed by atoms with E-state index >= 15 is 0 Å². The Morgan fingerprint density at radius 1 is 1.00 bits per heavy atom. The van der Waals surface area contributed by atoms with Crippen LogP contribution >= 0.6 is 0 Å². The average molecular weight is 400 g/mol. The van der Waals surface area contributed by atoms with Crippen molar-refractivity contribution in [3.05, 3.63) is 66.0 Å². The third-order valence-electron chi connectivity index (χ3n) is 5.52. The van der Waals surface area contributed by atoms with Crippen LogP contribution in [0.4, 0.5) is 0 Å². The molecule has 0 saturated heterocycles. The summed E-state index contributed by atoms with van der Waals surface area (Å²) in [7, 11) is 1.59. The number of methoxy groups -OCH3 is 1. The van der Waals surface area contributed by atoms with Gasteiger partial charge in [-0.1, -0.05) is 24.3 Å². The maximum Gasteiger partial charge on any atom is 0.259 e. The van der Waals surface area contributed by atoms with Gasteiger partial charge in [0.1, 0.15) is 5.75 Å². The van der Waals surface area contributed by atoms with Gasteiger partial charge >= 0.3 is 0 Å². The third-order valence-corrected chi connectivity index (χ3v) is 5.52. The zero-order chi connectivity index (χ0) is 20.8. The van der Waals surface area contributed by atoms with Gasteiger partial charge in [-0.3, -0.25) is 14.9 Å². The van der Waals surface area contributed by atoms with E-state index < -0.39 is 11.8 Å². The van der Waals surface area contributed by atoms with Crippen molar-refractivity contribution >= 4 is 44.8 Å². The first-order valence-corrected chi connectivity index (χ1v) is 9.66. The van der Waals surface area contributed by atoms with Crippen LogP contribution in [0.3, 0.4) is 0 Å². The van der Waals surface area contributed by atoms with Gasteiger partial charge in [-0.05, 0) is 18.2 Å². The number of H-pyrrole nitrogens is 1. The molecule has 4 aromatic rings. The third kappa shape index (κ3) is 2.56. The second kappa shape index (κ2) is 6.89. The van der Waals surface area contributed by atoms with Gasteiger partial charge in [0.05, 0.1) is 23.8 Å². The molecule has 150 valence electrons. The van der Waals surface area contributed by atoms with Crippen molar-refractivity contribution in [3.8, 4) is 5.75 Å². The summed E-state index contributed by atoms with van der Waals surface area (Å²) in [6, 6.07) is 13.4. The number of imide groups is 1. The summed E-state index contributed by atoms with van der Waals surface area (Å²) < 4.78 is 7.58. The lowest BCUT2D eigenvalue weighted by Crippen LogP contribution is -2.22. The normalized spacial score (nSPS) is 14.2. The molecule has 7 heteroatoms. The van der Waals surface area contributed by atoms with E-state index in [0.717, 1.165) is 21.8 Å². The molecule has 0 atom stereocenters. The number of para-hydroxylation sites is 1. The molecule has 0 fully saturated rings. The number of benzene rings is 2. The van der Waals surface area contributed by atoms with Gasteiger partial charge in [0, 0.05) is 52.9 Å². The standard InChI is InChI=1S/C23H20N4O3/c1-30-18-8-4-7-17-19(18)15(12-27(17)10-9-24)21-20(22(28)26-23(21)29)14-11-25-16-6-3-2-5-13(14)16/h2-8,11-12,25H,9-10,24H2,1H3,(H,26,28,29). The molecule has 4 N–H and O–H groups in total. The number of ether oxygens (including phenoxy) is 1. The first kappa shape index (κ1) is 18.2. The van der Waals surface area contributed by atoms with Gasteiger partial charge in [-0.25, -0.2) is 0 Å². The highest BCUT2D eigenvalue weighted by Crippen LogP contribution is 2.41. The number of aromatic nitrogens is 2. The minimum atomic E-state index is -0.419. The number of nitrogens with zero attached hydrogens (tertiary/aromatic N) is 1. The van der Waals surface area contributed by atoms with Crippen LogP contribution in [-0.2, 0) is 16.1 Å². The Balaban J connectivity index is 1.86. The van der Waals surface area contributed by atoms with Gasteiger partial charge in [0.25, 0.3) is 11.8 Å². The van der Waals surface area contributed by atoms with Crippen molar-refractivity contribution in [1.29, 1.82) is 0 Å². The van der Waals surface area contributed by atoms with Crippen molar-refractivity contribution in [3.63, 3.8) is 0 Å². The summed E-state index contributed by atoms with van der Waals surface area (Å²) in [6.07, 6.45) is 3.65. The van der Waals surface area contributed by atoms with Crippen LogP contribution in [0.5, 0.6) is 5.75 Å². The molecule has 0 saturated carbocycles. The fourth-order valence-corrected chi connectivity index (χ4v) is 4.25. The van der Waals surface area contributed by atoms with Crippen LogP contribution in [0.2, 0.25) is 0 Å². The molecule has 1 aliphatic rings. The van der Waals surface area contributed by atoms with E-state index in [1.807, 2.05) is 53.2 Å². The molecule has 7 nitrogen and oxygen atoms in total. The molecule has 0 spiro atoms. The molecule has 0 unspecified atom stereocenters. The van der Waals surface area contributed by atoms with E-state index in [9.17, 15) is 9.59 Å². The molecule has 2 aromatic carbocycles. The summed E-state index contributed by atoms with van der Waals surface area (Å²) in [6.45, 7) is 1.02. The molecule has 3 heterocycles. The minimum Gasteiger partial charge on any atom is -0.496 e. The van der Waals surface area contributed by atoms with Crippen LogP contribution in [0, 0.1) is 0 Å². The molecule has 2 amide bonds. The summed E-state index contributed by atoms with van der Waals surface area (Å²) in [5.41, 5.74) is 9.64. The molecule has 0 aliphatic carbocycles. The van der Waals surface area contributed by atoms with Gasteiger partial charge < -0.3 is 20.0 Å². The molecule has 1 aliphatic heterocycles. The number of nitrogens with one attached hydrogen (secondary N) is 2. The van der Waals surface area contributed by atoms with E-state index in [0.29, 0.717) is 41.1 Å². The molecule has 5 rings (SSSR count). The van der Waals surface area contributed by atoms with E-state index in [1.165, 1.54) is 0 Å². The maximum absolute atomic E-state index is 13.0. The first-order chi connectivity index (χ1) is 14.6. The number of rotatable bonds is 5. The van der Waals surface area contributed by atoms with E-state index in [-0.39, 0.29) is 0 Å². The number of hydrogen-bond acceptors (Lipinski definition) is 4. The predicted octanol–water partition coefficient (Wildman–Crippen LogP) is 2.66. The first-order valence-electron chi connectivity index (χ1n) is 9.66. The monoisotopic (exact) mass is 400 g/mol. The number of fused-ring (bicyclic) bond motifs is 2. The van der Waals surface area contributed by atoms with Crippen LogP contribution in [0.25, 0.3) is 33.0 Å². The number of amides is 2. The molecule has 30 heavy (non-hydrogen) atoms. The highest BCUT2D eigenvalue weighted by Gasteiger charge is 2.35. The summed E-state index contributed by atoms with van der Waals surface area (Å²) >= 11 is 0. The minimum absolute atomic E-state index is 0.343. The number of aromatic amines is 1. The lowest BCUT2D eigenvalue weighted by Gasteiger charge is -2.07. The maximum atomic E-state index is 13.0. The number of nitrogens with two attached hydrogens (primary N) is 1. The van der Waals surface area contributed by atoms with Gasteiger partial charge in [-0.15, -0.1) is 0 Å². The SMILES string of the molecule is COc1cccc2c1c(C1=C(c3c[nH]c4ccccc34)C(=O)NC1=O)cn2CCN. The summed E-state index contributed by atoms with van der Waals surface area (Å²) in [5.74, 6) is -0.191. The van der Waals surface area contributed by atoms with E-state index in [4.69, 9.17) is 10.5 Å². The lowest BCUT2D eigenvalue weighted by atomic mass is 9.95. The highest BCUT2D eigenvalue weighted by molar-refractivity contribution is 6.50. The number of carbonyl (C=O) groups excluding carboxylic acids is 2. The van der Waals surface area contributed by atoms with Gasteiger partial charge in [0.15, 0.2) is 0 Å². The fraction of sp³-hybridized carbons (Fsp3) is 0.130. The number of hydrogen-bond donors (Lipinski definition) is 3. The van der Waals surface area contributed by atoms with Crippen LogP contribution in [-0.4, -0.2) is 35.0 Å². The molecule has 2 aromatic heterocycles. The lowest BCUT2D eigenvalue weighted by molar-refractivity contribution is -0.122. The predicted molar refractivity (Wildman–Crippen MR) is 116 cm³/mol. The summed E-state index contributed by atoms with van der Waals surface area (Å²) in [4.78, 5) is 29.0. The number of carbonyl (C=O) groups is 2. The van der Waals surface area contributed by atoms with E-state index in [1.54, 1.807) is 13.3 Å². The topological polar surface area (TPSA) is 102 Å². The Bertz CT molecular complexity index is 1360.